The number of thioether (sulfide) groups is 1. The van der Waals surface area contributed by atoms with Crippen LogP contribution >= 0.6 is 11.8 Å². The summed E-state index contributed by atoms with van der Waals surface area (Å²) < 4.78 is 18.1. The number of amidine groups is 1. The minimum Gasteiger partial charge on any atom is -0.497 e. The standard InChI is InChI=1S/C19H18FN3O2S/c1-12(14-5-9-16(25-2)10-6-14)22-23-19-21-18(24)17(26-19)11-13-3-7-15(20)8-4-13/h3-10,17H,11H2,1-2H3,(H,21,23,24)/b22-12+. The van der Waals surface area contributed by atoms with Crippen LogP contribution in [0, 0.1) is 5.82 Å². The summed E-state index contributed by atoms with van der Waals surface area (Å²) in [5.74, 6) is 0.369. The van der Waals surface area contributed by atoms with E-state index in [1.54, 1.807) is 19.2 Å². The second-order valence-corrected chi connectivity index (χ2v) is 6.94. The lowest BCUT2D eigenvalue weighted by molar-refractivity contribution is -0.118. The minimum absolute atomic E-state index is 0.115. The fourth-order valence-corrected chi connectivity index (χ4v) is 3.39. The third kappa shape index (κ3) is 4.49. The Bertz CT molecular complexity index is 848. The largest absolute Gasteiger partial charge is 0.497 e. The molecule has 5 nitrogen and oxygen atoms in total. The van der Waals surface area contributed by atoms with Gasteiger partial charge in [-0.05, 0) is 60.9 Å². The first-order valence-corrected chi connectivity index (χ1v) is 8.92. The van der Waals surface area contributed by atoms with Crippen molar-refractivity contribution in [3.05, 3.63) is 65.5 Å². The zero-order valence-electron chi connectivity index (χ0n) is 14.4. The van der Waals surface area contributed by atoms with Gasteiger partial charge >= 0.3 is 0 Å². The second kappa shape index (κ2) is 8.14. The Hall–Kier alpha value is -2.67. The molecule has 26 heavy (non-hydrogen) atoms. The lowest BCUT2D eigenvalue weighted by Crippen LogP contribution is -2.26. The molecule has 0 spiro atoms. The summed E-state index contributed by atoms with van der Waals surface area (Å²) in [4.78, 5) is 12.1. The van der Waals surface area contributed by atoms with Crippen molar-refractivity contribution in [2.24, 2.45) is 10.2 Å². The predicted octanol–water partition coefficient (Wildman–Crippen LogP) is 3.39. The topological polar surface area (TPSA) is 63.1 Å². The van der Waals surface area contributed by atoms with Crippen molar-refractivity contribution in [3.8, 4) is 5.75 Å². The lowest BCUT2D eigenvalue weighted by atomic mass is 10.1. The number of amides is 1. The molecule has 0 bridgehead atoms. The highest BCUT2D eigenvalue weighted by Crippen LogP contribution is 2.23. The number of halogens is 1. The van der Waals surface area contributed by atoms with Crippen molar-refractivity contribution < 1.29 is 13.9 Å². The molecule has 0 saturated carbocycles. The van der Waals surface area contributed by atoms with Gasteiger partial charge in [-0.1, -0.05) is 23.9 Å². The first-order valence-electron chi connectivity index (χ1n) is 8.04. The Labute approximate surface area is 155 Å². The maximum Gasteiger partial charge on any atom is 0.239 e. The molecule has 1 heterocycles. The van der Waals surface area contributed by atoms with Gasteiger partial charge in [-0.2, -0.15) is 5.10 Å². The van der Waals surface area contributed by atoms with Gasteiger partial charge in [-0.15, -0.1) is 5.10 Å². The summed E-state index contributed by atoms with van der Waals surface area (Å²) in [6, 6.07) is 13.7. The molecule has 1 amide bonds. The highest BCUT2D eigenvalue weighted by Gasteiger charge is 2.30. The van der Waals surface area contributed by atoms with Crippen LogP contribution in [0.2, 0.25) is 0 Å². The number of nitrogens with one attached hydrogen (secondary N) is 1. The molecule has 1 aliphatic heterocycles. The molecule has 134 valence electrons. The third-order valence-corrected chi connectivity index (χ3v) is 4.98. The molecule has 7 heteroatoms. The second-order valence-electron chi connectivity index (χ2n) is 5.75. The Kier molecular flexibility index (Phi) is 5.68. The smallest absolute Gasteiger partial charge is 0.239 e. The number of benzene rings is 2. The minimum atomic E-state index is -0.296. The number of hydrogen-bond donors (Lipinski definition) is 1. The molecule has 2 aromatic carbocycles. The fraction of sp³-hybridized carbons (Fsp3) is 0.211. The first-order chi connectivity index (χ1) is 12.5. The highest BCUT2D eigenvalue weighted by molar-refractivity contribution is 8.15. The fourth-order valence-electron chi connectivity index (χ4n) is 2.43. The molecule has 1 aliphatic rings. The molecule has 1 atom stereocenters. The number of rotatable bonds is 5. The van der Waals surface area contributed by atoms with Gasteiger partial charge < -0.3 is 10.1 Å². The van der Waals surface area contributed by atoms with Gasteiger partial charge in [0, 0.05) is 0 Å². The Morgan fingerprint density at radius 2 is 1.88 bits per heavy atom. The van der Waals surface area contributed by atoms with Crippen LogP contribution in [0.5, 0.6) is 5.75 Å². The van der Waals surface area contributed by atoms with Crippen LogP contribution < -0.4 is 10.1 Å². The van der Waals surface area contributed by atoms with E-state index < -0.39 is 0 Å². The van der Waals surface area contributed by atoms with E-state index in [2.05, 4.69) is 15.5 Å². The van der Waals surface area contributed by atoms with Crippen LogP contribution in [0.1, 0.15) is 18.1 Å². The van der Waals surface area contributed by atoms with E-state index in [0.29, 0.717) is 11.6 Å². The summed E-state index contributed by atoms with van der Waals surface area (Å²) in [7, 11) is 1.62. The first kappa shape index (κ1) is 18.1. The average molecular weight is 371 g/mol. The van der Waals surface area contributed by atoms with Crippen molar-refractivity contribution in [1.82, 2.24) is 5.32 Å². The predicted molar refractivity (Wildman–Crippen MR) is 102 cm³/mol. The molecule has 2 aromatic rings. The van der Waals surface area contributed by atoms with Crippen molar-refractivity contribution in [3.63, 3.8) is 0 Å². The molecule has 1 unspecified atom stereocenters. The number of ether oxygens (including phenoxy) is 1. The summed E-state index contributed by atoms with van der Waals surface area (Å²) in [5, 5.41) is 11.2. The van der Waals surface area contributed by atoms with Gasteiger partial charge in [-0.3, -0.25) is 4.79 Å². The molecule has 1 fully saturated rings. The number of carbonyl (C=O) groups is 1. The number of carbonyl (C=O) groups excluding carboxylic acids is 1. The summed E-state index contributed by atoms with van der Waals surface area (Å²) >= 11 is 1.33. The van der Waals surface area contributed by atoms with E-state index in [1.807, 2.05) is 31.2 Å². The van der Waals surface area contributed by atoms with E-state index in [-0.39, 0.29) is 17.0 Å². The average Bonchev–Trinajstić information content (AvgIpc) is 3.01. The molecule has 0 aliphatic carbocycles. The SMILES string of the molecule is COc1ccc(/C(C)=N/N=C2\NC(=O)C(Cc3ccc(F)cc3)S2)cc1. The molecule has 1 saturated heterocycles. The maximum atomic E-state index is 13.0. The third-order valence-electron chi connectivity index (χ3n) is 3.91. The Morgan fingerprint density at radius 1 is 1.19 bits per heavy atom. The molecule has 0 aromatic heterocycles. The van der Waals surface area contributed by atoms with E-state index in [4.69, 9.17) is 4.74 Å². The van der Waals surface area contributed by atoms with Crippen LogP contribution in [0.4, 0.5) is 4.39 Å². The summed E-state index contributed by atoms with van der Waals surface area (Å²) in [5.41, 5.74) is 2.56. The van der Waals surface area contributed by atoms with Gasteiger partial charge in [0.15, 0.2) is 5.17 Å². The molecular formula is C19H18FN3O2S. The van der Waals surface area contributed by atoms with Crippen LogP contribution in [0.15, 0.2) is 58.7 Å². The van der Waals surface area contributed by atoms with Crippen molar-refractivity contribution in [2.45, 2.75) is 18.6 Å². The number of nitrogens with zero attached hydrogens (tertiary/aromatic N) is 2. The Balaban J connectivity index is 1.65. The molecular weight excluding hydrogens is 353 g/mol. The number of methoxy groups -OCH3 is 1. The van der Waals surface area contributed by atoms with Gasteiger partial charge in [0.05, 0.1) is 18.1 Å². The van der Waals surface area contributed by atoms with E-state index in [0.717, 1.165) is 22.6 Å². The van der Waals surface area contributed by atoms with Gasteiger partial charge in [0.25, 0.3) is 0 Å². The Morgan fingerprint density at radius 3 is 2.54 bits per heavy atom. The van der Waals surface area contributed by atoms with Crippen LogP contribution in [0.25, 0.3) is 0 Å². The molecule has 1 N–H and O–H groups in total. The monoisotopic (exact) mass is 371 g/mol. The molecule has 3 rings (SSSR count). The highest BCUT2D eigenvalue weighted by atomic mass is 32.2. The zero-order valence-corrected chi connectivity index (χ0v) is 15.2. The van der Waals surface area contributed by atoms with Crippen LogP contribution in [-0.4, -0.2) is 29.1 Å². The molecule has 0 radical (unpaired) electrons. The quantitative estimate of drug-likeness (QED) is 0.647. The van der Waals surface area contributed by atoms with E-state index in [9.17, 15) is 9.18 Å². The van der Waals surface area contributed by atoms with E-state index in [1.165, 1.54) is 23.9 Å². The summed E-state index contributed by atoms with van der Waals surface area (Å²) in [6.45, 7) is 1.85. The van der Waals surface area contributed by atoms with Crippen molar-refractivity contribution in [1.29, 1.82) is 0 Å². The van der Waals surface area contributed by atoms with Gasteiger partial charge in [-0.25, -0.2) is 4.39 Å². The van der Waals surface area contributed by atoms with Crippen molar-refractivity contribution in [2.75, 3.05) is 7.11 Å². The normalized spacial score (nSPS) is 18.9. The lowest BCUT2D eigenvalue weighted by Gasteiger charge is -2.04. The van der Waals surface area contributed by atoms with Gasteiger partial charge in [0.2, 0.25) is 5.91 Å². The zero-order chi connectivity index (χ0) is 18.5. The van der Waals surface area contributed by atoms with E-state index >= 15 is 0 Å². The maximum absolute atomic E-state index is 13.0. The van der Waals surface area contributed by atoms with Crippen LogP contribution in [-0.2, 0) is 11.2 Å². The number of hydrogen-bond acceptors (Lipinski definition) is 5. The summed E-state index contributed by atoms with van der Waals surface area (Å²) in [6.07, 6.45) is 0.511. The van der Waals surface area contributed by atoms with Crippen LogP contribution in [0.3, 0.4) is 0 Å². The van der Waals surface area contributed by atoms with Gasteiger partial charge in [0.1, 0.15) is 11.6 Å². The van der Waals surface area contributed by atoms with Crippen molar-refractivity contribution >= 4 is 28.5 Å².